The summed E-state index contributed by atoms with van der Waals surface area (Å²) in [5, 5.41) is 3.79. The zero-order valence-corrected chi connectivity index (χ0v) is 12.9. The lowest BCUT2D eigenvalue weighted by Crippen LogP contribution is -2.39. The molecule has 0 radical (unpaired) electrons. The average Bonchev–Trinajstić information content (AvgIpc) is 2.27. The van der Waals surface area contributed by atoms with Gasteiger partial charge in [-0.3, -0.25) is 0 Å². The Labute approximate surface area is 117 Å². The van der Waals surface area contributed by atoms with Gasteiger partial charge >= 0.3 is 0 Å². The van der Waals surface area contributed by atoms with E-state index in [0.29, 0.717) is 18.2 Å². The van der Waals surface area contributed by atoms with Gasteiger partial charge in [0.25, 0.3) is 0 Å². The van der Waals surface area contributed by atoms with Gasteiger partial charge in [-0.05, 0) is 64.2 Å². The van der Waals surface area contributed by atoms with Crippen LogP contribution in [0.15, 0.2) is 12.1 Å². The number of nitrogens with one attached hydrogen (secondary N) is 1. The van der Waals surface area contributed by atoms with Gasteiger partial charge < -0.3 is 10.1 Å². The molecule has 0 aliphatic carbocycles. The molecule has 1 heterocycles. The van der Waals surface area contributed by atoms with Crippen LogP contribution in [0.25, 0.3) is 0 Å². The van der Waals surface area contributed by atoms with Crippen molar-refractivity contribution in [2.24, 2.45) is 0 Å². The van der Waals surface area contributed by atoms with Crippen LogP contribution >= 0.6 is 0 Å². The Morgan fingerprint density at radius 2 is 1.84 bits per heavy atom. The minimum absolute atomic E-state index is 0.388. The molecule has 1 fully saturated rings. The van der Waals surface area contributed by atoms with Crippen LogP contribution in [0.4, 0.5) is 0 Å². The van der Waals surface area contributed by atoms with Gasteiger partial charge in [0.15, 0.2) is 0 Å². The highest BCUT2D eigenvalue weighted by Gasteiger charge is 2.22. The van der Waals surface area contributed by atoms with Crippen LogP contribution in [0.5, 0.6) is 0 Å². The van der Waals surface area contributed by atoms with E-state index in [-0.39, 0.29) is 0 Å². The van der Waals surface area contributed by atoms with Crippen molar-refractivity contribution in [2.45, 2.75) is 65.6 Å². The molecule has 1 aromatic carbocycles. The topological polar surface area (TPSA) is 21.3 Å². The largest absolute Gasteiger partial charge is 0.378 e. The van der Waals surface area contributed by atoms with Crippen LogP contribution in [0, 0.1) is 20.8 Å². The fraction of sp³-hybridized carbons (Fsp3) is 0.647. The van der Waals surface area contributed by atoms with Crippen LogP contribution in [0.1, 0.15) is 55.0 Å². The highest BCUT2D eigenvalue weighted by atomic mass is 16.5. The summed E-state index contributed by atoms with van der Waals surface area (Å²) < 4.78 is 5.62. The Bertz CT molecular complexity index is 418. The zero-order valence-electron chi connectivity index (χ0n) is 12.9. The van der Waals surface area contributed by atoms with Gasteiger partial charge in [-0.25, -0.2) is 0 Å². The Hall–Kier alpha value is -0.860. The van der Waals surface area contributed by atoms with E-state index in [4.69, 9.17) is 4.74 Å². The van der Waals surface area contributed by atoms with E-state index in [1.54, 1.807) is 0 Å². The van der Waals surface area contributed by atoms with Crippen molar-refractivity contribution in [1.82, 2.24) is 5.32 Å². The molecule has 0 spiro atoms. The van der Waals surface area contributed by atoms with E-state index in [1.165, 1.54) is 22.3 Å². The molecular formula is C17H27NO. The van der Waals surface area contributed by atoms with Crippen LogP contribution in [0.3, 0.4) is 0 Å². The summed E-state index contributed by atoms with van der Waals surface area (Å²) in [6.07, 6.45) is 2.63. The second-order valence-corrected chi connectivity index (χ2v) is 6.10. The van der Waals surface area contributed by atoms with E-state index < -0.39 is 0 Å². The molecule has 0 amide bonds. The third-order valence-electron chi connectivity index (χ3n) is 4.14. The van der Waals surface area contributed by atoms with Gasteiger partial charge in [0, 0.05) is 18.7 Å². The van der Waals surface area contributed by atoms with E-state index >= 15 is 0 Å². The van der Waals surface area contributed by atoms with Crippen LogP contribution in [0.2, 0.25) is 0 Å². The average molecular weight is 261 g/mol. The van der Waals surface area contributed by atoms with Gasteiger partial charge in [-0.1, -0.05) is 17.7 Å². The number of ether oxygens (including phenoxy) is 1. The Balaban J connectivity index is 2.09. The smallest absolute Gasteiger partial charge is 0.0561 e. The van der Waals surface area contributed by atoms with Crippen LogP contribution in [-0.4, -0.2) is 18.8 Å². The maximum Gasteiger partial charge on any atom is 0.0561 e. The molecule has 1 saturated heterocycles. The van der Waals surface area contributed by atoms with Gasteiger partial charge in [0.1, 0.15) is 0 Å². The van der Waals surface area contributed by atoms with Crippen LogP contribution < -0.4 is 5.32 Å². The number of aryl methyl sites for hydroxylation is 3. The second-order valence-electron chi connectivity index (χ2n) is 6.10. The molecule has 3 unspecified atom stereocenters. The number of benzene rings is 1. The minimum atomic E-state index is 0.388. The maximum atomic E-state index is 5.62. The summed E-state index contributed by atoms with van der Waals surface area (Å²) in [5.74, 6) is 0. The van der Waals surface area contributed by atoms with E-state index in [2.05, 4.69) is 52.1 Å². The predicted molar refractivity (Wildman–Crippen MR) is 80.6 cm³/mol. The van der Waals surface area contributed by atoms with Crippen LogP contribution in [-0.2, 0) is 4.74 Å². The lowest BCUT2D eigenvalue weighted by Gasteiger charge is -2.31. The first-order chi connectivity index (χ1) is 8.97. The molecule has 1 N–H and O–H groups in total. The predicted octanol–water partition coefficient (Wildman–Crippen LogP) is 3.83. The van der Waals surface area contributed by atoms with Crippen molar-refractivity contribution < 1.29 is 4.74 Å². The zero-order chi connectivity index (χ0) is 14.0. The van der Waals surface area contributed by atoms with Crippen molar-refractivity contribution in [1.29, 1.82) is 0 Å². The second kappa shape index (κ2) is 6.06. The summed E-state index contributed by atoms with van der Waals surface area (Å²) in [5.41, 5.74) is 5.62. The maximum absolute atomic E-state index is 5.62. The van der Waals surface area contributed by atoms with Crippen molar-refractivity contribution in [3.05, 3.63) is 34.4 Å². The standard InChI is InChI=1S/C17H27NO/c1-11-8-12(2)17(13(3)9-11)15(5)18-16-6-7-19-14(4)10-16/h8-9,14-16,18H,6-7,10H2,1-5H3. The van der Waals surface area contributed by atoms with Crippen molar-refractivity contribution in [2.75, 3.05) is 6.61 Å². The number of rotatable bonds is 3. The summed E-state index contributed by atoms with van der Waals surface area (Å²) in [6.45, 7) is 11.9. The Morgan fingerprint density at radius 3 is 2.42 bits per heavy atom. The highest BCUT2D eigenvalue weighted by molar-refractivity contribution is 5.39. The molecule has 19 heavy (non-hydrogen) atoms. The lowest BCUT2D eigenvalue weighted by atomic mass is 9.93. The minimum Gasteiger partial charge on any atom is -0.378 e. The molecule has 2 rings (SSSR count). The van der Waals surface area contributed by atoms with Crippen molar-refractivity contribution >= 4 is 0 Å². The molecule has 2 heteroatoms. The summed E-state index contributed by atoms with van der Waals surface area (Å²) in [7, 11) is 0. The first-order valence-corrected chi connectivity index (χ1v) is 7.42. The fourth-order valence-corrected chi connectivity index (χ4v) is 3.46. The van der Waals surface area contributed by atoms with E-state index in [0.717, 1.165) is 19.4 Å². The normalized spacial score (nSPS) is 25.3. The van der Waals surface area contributed by atoms with Gasteiger partial charge in [-0.15, -0.1) is 0 Å². The first-order valence-electron chi connectivity index (χ1n) is 7.42. The molecule has 1 aliphatic heterocycles. The number of hydrogen-bond acceptors (Lipinski definition) is 2. The lowest BCUT2D eigenvalue weighted by molar-refractivity contribution is 0.0116. The van der Waals surface area contributed by atoms with Crippen molar-refractivity contribution in [3.8, 4) is 0 Å². The molecule has 1 aromatic rings. The Kier molecular flexibility index (Phi) is 4.64. The summed E-state index contributed by atoms with van der Waals surface area (Å²) >= 11 is 0. The van der Waals surface area contributed by atoms with Crippen molar-refractivity contribution in [3.63, 3.8) is 0 Å². The molecule has 3 atom stereocenters. The summed E-state index contributed by atoms with van der Waals surface area (Å²) in [4.78, 5) is 0. The Morgan fingerprint density at radius 1 is 1.21 bits per heavy atom. The highest BCUT2D eigenvalue weighted by Crippen LogP contribution is 2.25. The monoisotopic (exact) mass is 261 g/mol. The molecular weight excluding hydrogens is 234 g/mol. The molecule has 1 aliphatic rings. The third kappa shape index (κ3) is 3.58. The van der Waals surface area contributed by atoms with E-state index in [9.17, 15) is 0 Å². The molecule has 0 bridgehead atoms. The number of hydrogen-bond donors (Lipinski definition) is 1. The fourth-order valence-electron chi connectivity index (χ4n) is 3.46. The summed E-state index contributed by atoms with van der Waals surface area (Å²) in [6, 6.07) is 5.56. The third-order valence-corrected chi connectivity index (χ3v) is 4.14. The molecule has 106 valence electrons. The van der Waals surface area contributed by atoms with Gasteiger partial charge in [0.05, 0.1) is 6.10 Å². The van der Waals surface area contributed by atoms with Gasteiger partial charge in [-0.2, -0.15) is 0 Å². The first kappa shape index (κ1) is 14.5. The SMILES string of the molecule is Cc1cc(C)c(C(C)NC2CCOC(C)C2)c(C)c1. The molecule has 0 saturated carbocycles. The van der Waals surface area contributed by atoms with E-state index in [1.807, 2.05) is 0 Å². The molecule has 0 aromatic heterocycles. The van der Waals surface area contributed by atoms with Gasteiger partial charge in [0.2, 0.25) is 0 Å². The molecule has 2 nitrogen and oxygen atoms in total. The quantitative estimate of drug-likeness (QED) is 0.893.